The molecule has 166 valence electrons. The topological polar surface area (TPSA) is 111 Å². The summed E-state index contributed by atoms with van der Waals surface area (Å²) in [5.74, 6) is -1.72. The van der Waals surface area contributed by atoms with Crippen molar-refractivity contribution in [3.05, 3.63) is 59.2 Å². The van der Waals surface area contributed by atoms with E-state index in [2.05, 4.69) is 5.32 Å². The zero-order valence-corrected chi connectivity index (χ0v) is 17.5. The number of para-hydroxylation sites is 2. The standard InChI is InChI=1S/C23H22N2O7/c1-30-19-7-3-2-6-18(19)24-20(26)13-32-23(29)14-8-9-16-17(11-14)22(28)25(21(16)27)12-15-5-4-10-31-15/h2-3,6-9,11,15H,4-5,10,12-13H2,1H3,(H,24,26)/t15-/m0/s1. The number of hydrogen-bond donors (Lipinski definition) is 1. The number of anilines is 1. The van der Waals surface area contributed by atoms with Crippen LogP contribution >= 0.6 is 0 Å². The highest BCUT2D eigenvalue weighted by Gasteiger charge is 2.38. The highest BCUT2D eigenvalue weighted by atomic mass is 16.5. The summed E-state index contributed by atoms with van der Waals surface area (Å²) in [4.78, 5) is 51.0. The molecule has 0 saturated carbocycles. The molecule has 2 aromatic carbocycles. The van der Waals surface area contributed by atoms with E-state index in [1.807, 2.05) is 0 Å². The molecule has 1 saturated heterocycles. The van der Waals surface area contributed by atoms with E-state index in [1.54, 1.807) is 24.3 Å². The number of esters is 1. The fourth-order valence-corrected chi connectivity index (χ4v) is 3.72. The normalized spacial score (nSPS) is 17.3. The van der Waals surface area contributed by atoms with Gasteiger partial charge in [0.25, 0.3) is 17.7 Å². The van der Waals surface area contributed by atoms with Crippen LogP contribution in [0.3, 0.4) is 0 Å². The lowest BCUT2D eigenvalue weighted by atomic mass is 10.1. The van der Waals surface area contributed by atoms with E-state index in [1.165, 1.54) is 25.3 Å². The first-order chi connectivity index (χ1) is 15.5. The zero-order valence-electron chi connectivity index (χ0n) is 17.5. The number of hydrogen-bond acceptors (Lipinski definition) is 7. The number of benzene rings is 2. The molecule has 0 radical (unpaired) electrons. The van der Waals surface area contributed by atoms with Crippen LogP contribution in [0.2, 0.25) is 0 Å². The summed E-state index contributed by atoms with van der Waals surface area (Å²) < 4.78 is 15.7. The van der Waals surface area contributed by atoms with E-state index >= 15 is 0 Å². The second-order valence-corrected chi connectivity index (χ2v) is 7.44. The Kier molecular flexibility index (Phi) is 6.18. The highest BCUT2D eigenvalue weighted by Crippen LogP contribution is 2.26. The van der Waals surface area contributed by atoms with Crippen molar-refractivity contribution >= 4 is 29.4 Å². The van der Waals surface area contributed by atoms with E-state index in [0.29, 0.717) is 18.0 Å². The van der Waals surface area contributed by atoms with Crippen LogP contribution in [0.25, 0.3) is 0 Å². The molecule has 1 atom stereocenters. The molecule has 0 aliphatic carbocycles. The molecule has 32 heavy (non-hydrogen) atoms. The van der Waals surface area contributed by atoms with Gasteiger partial charge in [-0.2, -0.15) is 0 Å². The van der Waals surface area contributed by atoms with E-state index in [-0.39, 0.29) is 29.3 Å². The number of nitrogens with one attached hydrogen (secondary N) is 1. The zero-order chi connectivity index (χ0) is 22.7. The van der Waals surface area contributed by atoms with Gasteiger partial charge in [0, 0.05) is 6.61 Å². The third-order valence-electron chi connectivity index (χ3n) is 5.33. The Morgan fingerprint density at radius 2 is 1.91 bits per heavy atom. The minimum atomic E-state index is -0.777. The van der Waals surface area contributed by atoms with Crippen molar-refractivity contribution in [2.45, 2.75) is 18.9 Å². The van der Waals surface area contributed by atoms with Crippen molar-refractivity contribution in [3.63, 3.8) is 0 Å². The average Bonchev–Trinajstić information content (AvgIpc) is 3.40. The van der Waals surface area contributed by atoms with Gasteiger partial charge in [-0.1, -0.05) is 12.1 Å². The van der Waals surface area contributed by atoms with Crippen LogP contribution in [0.1, 0.15) is 43.9 Å². The second-order valence-electron chi connectivity index (χ2n) is 7.44. The van der Waals surface area contributed by atoms with Crippen LogP contribution in [0, 0.1) is 0 Å². The molecule has 1 fully saturated rings. The predicted octanol–water partition coefficient (Wildman–Crippen LogP) is 2.27. The third-order valence-corrected chi connectivity index (χ3v) is 5.33. The van der Waals surface area contributed by atoms with Crippen LogP contribution in [-0.2, 0) is 14.3 Å². The number of methoxy groups -OCH3 is 1. The van der Waals surface area contributed by atoms with Crippen molar-refractivity contribution < 1.29 is 33.4 Å². The molecule has 0 spiro atoms. The van der Waals surface area contributed by atoms with Crippen LogP contribution in [0.5, 0.6) is 5.75 Å². The van der Waals surface area contributed by atoms with E-state index in [0.717, 1.165) is 17.7 Å². The first-order valence-electron chi connectivity index (χ1n) is 10.2. The van der Waals surface area contributed by atoms with Gasteiger partial charge in [0.1, 0.15) is 5.75 Å². The van der Waals surface area contributed by atoms with Gasteiger partial charge in [-0.3, -0.25) is 19.3 Å². The number of rotatable bonds is 7. The number of carbonyl (C=O) groups is 4. The van der Waals surface area contributed by atoms with Gasteiger partial charge in [-0.25, -0.2) is 4.79 Å². The highest BCUT2D eigenvalue weighted by molar-refractivity contribution is 6.22. The molecular weight excluding hydrogens is 416 g/mol. The Balaban J connectivity index is 1.38. The first-order valence-corrected chi connectivity index (χ1v) is 10.2. The SMILES string of the molecule is COc1ccccc1NC(=O)COC(=O)c1ccc2c(c1)C(=O)N(C[C@@H]1CCCO1)C2=O. The summed E-state index contributed by atoms with van der Waals surface area (Å²) in [5.41, 5.74) is 0.900. The fourth-order valence-electron chi connectivity index (χ4n) is 3.72. The third kappa shape index (κ3) is 4.33. The van der Waals surface area contributed by atoms with Gasteiger partial charge in [-0.05, 0) is 43.2 Å². The molecule has 9 heteroatoms. The average molecular weight is 438 g/mol. The van der Waals surface area contributed by atoms with Crippen molar-refractivity contribution in [2.24, 2.45) is 0 Å². The van der Waals surface area contributed by atoms with Crippen LogP contribution in [0.15, 0.2) is 42.5 Å². The molecule has 4 rings (SSSR count). The number of carbonyl (C=O) groups excluding carboxylic acids is 4. The maximum Gasteiger partial charge on any atom is 0.338 e. The summed E-state index contributed by atoms with van der Waals surface area (Å²) in [6, 6.07) is 11.0. The summed E-state index contributed by atoms with van der Waals surface area (Å²) in [7, 11) is 1.48. The van der Waals surface area contributed by atoms with E-state index in [9.17, 15) is 19.2 Å². The Morgan fingerprint density at radius 1 is 1.12 bits per heavy atom. The van der Waals surface area contributed by atoms with Crippen molar-refractivity contribution in [1.82, 2.24) is 4.90 Å². The van der Waals surface area contributed by atoms with Gasteiger partial charge in [-0.15, -0.1) is 0 Å². The minimum absolute atomic E-state index is 0.0777. The van der Waals surface area contributed by atoms with Crippen molar-refractivity contribution in [3.8, 4) is 5.75 Å². The van der Waals surface area contributed by atoms with Crippen molar-refractivity contribution in [2.75, 3.05) is 32.2 Å². The van der Waals surface area contributed by atoms with E-state index < -0.39 is 30.3 Å². The van der Waals surface area contributed by atoms with Crippen LogP contribution in [0.4, 0.5) is 5.69 Å². The smallest absolute Gasteiger partial charge is 0.338 e. The van der Waals surface area contributed by atoms with Crippen LogP contribution in [-0.4, -0.2) is 61.6 Å². The van der Waals surface area contributed by atoms with E-state index in [4.69, 9.17) is 14.2 Å². The number of fused-ring (bicyclic) bond motifs is 1. The Labute approximate surface area is 184 Å². The summed E-state index contributed by atoms with van der Waals surface area (Å²) in [6.45, 7) is 0.287. The molecule has 3 amide bonds. The molecule has 0 aromatic heterocycles. The molecule has 2 aliphatic rings. The van der Waals surface area contributed by atoms with Gasteiger partial charge in [0.05, 0.1) is 42.1 Å². The maximum absolute atomic E-state index is 12.7. The molecular formula is C23H22N2O7. The molecule has 0 bridgehead atoms. The molecule has 9 nitrogen and oxygen atoms in total. The maximum atomic E-state index is 12.7. The number of ether oxygens (including phenoxy) is 3. The van der Waals surface area contributed by atoms with Crippen LogP contribution < -0.4 is 10.1 Å². The quantitative estimate of drug-likeness (QED) is 0.521. The molecule has 2 aromatic rings. The van der Waals surface area contributed by atoms with Gasteiger partial charge >= 0.3 is 5.97 Å². The molecule has 1 N–H and O–H groups in total. The first kappa shape index (κ1) is 21.5. The fraction of sp³-hybridized carbons (Fsp3) is 0.304. The molecule has 0 unspecified atom stereocenters. The minimum Gasteiger partial charge on any atom is -0.495 e. The Morgan fingerprint density at radius 3 is 2.66 bits per heavy atom. The Bertz CT molecular complexity index is 1080. The molecule has 2 aliphatic heterocycles. The lowest BCUT2D eigenvalue weighted by Gasteiger charge is -2.17. The number of imide groups is 1. The predicted molar refractivity (Wildman–Crippen MR) is 113 cm³/mol. The van der Waals surface area contributed by atoms with Gasteiger partial charge < -0.3 is 19.5 Å². The number of nitrogens with zero attached hydrogens (tertiary/aromatic N) is 1. The summed E-state index contributed by atoms with van der Waals surface area (Å²) in [5, 5.41) is 2.60. The Hall–Kier alpha value is -3.72. The summed E-state index contributed by atoms with van der Waals surface area (Å²) in [6.07, 6.45) is 1.53. The lowest BCUT2D eigenvalue weighted by Crippen LogP contribution is -2.36. The largest absolute Gasteiger partial charge is 0.495 e. The summed E-state index contributed by atoms with van der Waals surface area (Å²) >= 11 is 0. The lowest BCUT2D eigenvalue weighted by molar-refractivity contribution is -0.119. The van der Waals surface area contributed by atoms with Crippen molar-refractivity contribution in [1.29, 1.82) is 0 Å². The monoisotopic (exact) mass is 438 g/mol. The number of amides is 3. The van der Waals surface area contributed by atoms with Gasteiger partial charge in [0.2, 0.25) is 0 Å². The second kappa shape index (κ2) is 9.19. The van der Waals surface area contributed by atoms with Gasteiger partial charge in [0.15, 0.2) is 6.61 Å². The molecule has 2 heterocycles.